The van der Waals surface area contributed by atoms with Gasteiger partial charge >= 0.3 is 0 Å². The molecule has 2 aliphatic rings. The number of rotatable bonds is 7. The number of benzene rings is 3. The van der Waals surface area contributed by atoms with Crippen molar-refractivity contribution in [2.24, 2.45) is 11.3 Å². The van der Waals surface area contributed by atoms with E-state index in [2.05, 4.69) is 31.3 Å². The van der Waals surface area contributed by atoms with E-state index in [1.807, 2.05) is 86.3 Å². The Morgan fingerprint density at radius 1 is 0.952 bits per heavy atom. The summed E-state index contributed by atoms with van der Waals surface area (Å²) in [5, 5.41) is 3.79. The third kappa shape index (κ3) is 5.96. The average molecular weight is 586 g/mol. The summed E-state index contributed by atoms with van der Waals surface area (Å²) in [5.41, 5.74) is 4.49. The maximum atomic E-state index is 13.8. The second kappa shape index (κ2) is 11.9. The number of nitrogens with zero attached hydrogens (tertiary/aromatic N) is 2. The van der Waals surface area contributed by atoms with Gasteiger partial charge in [-0.2, -0.15) is 0 Å². The van der Waals surface area contributed by atoms with Crippen LogP contribution in [0, 0.1) is 11.3 Å². The highest BCUT2D eigenvalue weighted by atomic mass is 35.5. The van der Waals surface area contributed by atoms with E-state index in [1.165, 1.54) is 5.56 Å². The zero-order valence-corrected chi connectivity index (χ0v) is 25.8. The van der Waals surface area contributed by atoms with Gasteiger partial charge in [0.05, 0.1) is 12.5 Å². The third-order valence-electron chi connectivity index (χ3n) is 8.96. The molecular weight excluding hydrogens is 546 g/mol. The predicted molar refractivity (Wildman–Crippen MR) is 168 cm³/mol. The van der Waals surface area contributed by atoms with Crippen LogP contribution < -0.4 is 10.2 Å². The molecule has 2 unspecified atom stereocenters. The van der Waals surface area contributed by atoms with Gasteiger partial charge in [-0.15, -0.1) is 0 Å². The van der Waals surface area contributed by atoms with Crippen molar-refractivity contribution >= 4 is 35.0 Å². The largest absolute Gasteiger partial charge is 0.344 e. The smallest absolute Gasteiger partial charge is 0.258 e. The van der Waals surface area contributed by atoms with Crippen LogP contribution in [0.25, 0.3) is 0 Å². The van der Waals surface area contributed by atoms with Gasteiger partial charge in [0.2, 0.25) is 11.8 Å². The topological polar surface area (TPSA) is 69.7 Å². The second-order valence-corrected chi connectivity index (χ2v) is 13.2. The molecule has 3 aromatic rings. The second-order valence-electron chi connectivity index (χ2n) is 12.7. The molecule has 0 aliphatic carbocycles. The number of halogens is 1. The van der Waals surface area contributed by atoms with E-state index in [0.29, 0.717) is 25.6 Å². The Morgan fingerprint density at radius 2 is 1.62 bits per heavy atom. The highest BCUT2D eigenvalue weighted by Gasteiger charge is 2.41. The molecule has 0 spiro atoms. The summed E-state index contributed by atoms with van der Waals surface area (Å²) in [5.74, 6) is -0.422. The molecule has 5 rings (SSSR count). The van der Waals surface area contributed by atoms with Crippen LogP contribution in [-0.2, 0) is 16.1 Å². The van der Waals surface area contributed by atoms with E-state index >= 15 is 0 Å². The van der Waals surface area contributed by atoms with Crippen LogP contribution >= 0.6 is 11.6 Å². The van der Waals surface area contributed by atoms with Gasteiger partial charge in [0, 0.05) is 29.4 Å². The monoisotopic (exact) mass is 585 g/mol. The van der Waals surface area contributed by atoms with Crippen LogP contribution in [0.4, 0.5) is 5.69 Å². The van der Waals surface area contributed by atoms with Gasteiger partial charge < -0.3 is 15.1 Å². The SMILES string of the molecule is CC(C(=O)N[C@@H](C(=O)N1CCC(c2ccc(Cl)cc2)C(C)(C)C1)C(C)C)c1ccc(N2Cc3ccccc3C2=O)cc1. The molecule has 3 atom stereocenters. The highest BCUT2D eigenvalue weighted by Crippen LogP contribution is 2.42. The third-order valence-corrected chi connectivity index (χ3v) is 9.22. The van der Waals surface area contributed by atoms with Gasteiger partial charge in [0.15, 0.2) is 0 Å². The average Bonchev–Trinajstić information content (AvgIpc) is 3.31. The molecule has 3 aromatic carbocycles. The number of amides is 3. The first-order valence-corrected chi connectivity index (χ1v) is 15.2. The van der Waals surface area contributed by atoms with Crippen LogP contribution in [0.15, 0.2) is 72.8 Å². The molecular formula is C35H40ClN3O3. The van der Waals surface area contributed by atoms with Crippen molar-refractivity contribution in [3.05, 3.63) is 100 Å². The van der Waals surface area contributed by atoms with Gasteiger partial charge in [-0.05, 0) is 77.6 Å². The van der Waals surface area contributed by atoms with E-state index in [0.717, 1.165) is 33.8 Å². The lowest BCUT2D eigenvalue weighted by atomic mass is 9.70. The molecule has 6 nitrogen and oxygen atoms in total. The van der Waals surface area contributed by atoms with Crippen LogP contribution in [0.3, 0.4) is 0 Å². The first-order valence-electron chi connectivity index (χ1n) is 14.8. The summed E-state index contributed by atoms with van der Waals surface area (Å²) < 4.78 is 0. The summed E-state index contributed by atoms with van der Waals surface area (Å²) in [6.45, 7) is 12.0. The van der Waals surface area contributed by atoms with Crippen LogP contribution in [0.5, 0.6) is 0 Å². The molecule has 0 saturated carbocycles. The minimum absolute atomic E-state index is 0.0113. The molecule has 7 heteroatoms. The van der Waals surface area contributed by atoms with Gasteiger partial charge in [0.1, 0.15) is 6.04 Å². The van der Waals surface area contributed by atoms with Crippen molar-refractivity contribution in [3.63, 3.8) is 0 Å². The molecule has 0 aromatic heterocycles. The Kier molecular flexibility index (Phi) is 8.47. The van der Waals surface area contributed by atoms with Gasteiger partial charge in [-0.3, -0.25) is 14.4 Å². The number of hydrogen-bond acceptors (Lipinski definition) is 3. The molecule has 2 aliphatic heterocycles. The Labute approximate surface area is 254 Å². The molecule has 3 amide bonds. The van der Waals surface area contributed by atoms with Crippen LogP contribution in [-0.4, -0.2) is 41.8 Å². The number of carbonyl (C=O) groups excluding carboxylic acids is 3. The minimum Gasteiger partial charge on any atom is -0.344 e. The summed E-state index contributed by atoms with van der Waals surface area (Å²) in [6.07, 6.45) is 0.854. The molecule has 2 heterocycles. The van der Waals surface area contributed by atoms with E-state index in [-0.39, 0.29) is 29.1 Å². The minimum atomic E-state index is -0.608. The first-order chi connectivity index (χ1) is 20.0. The Hall–Kier alpha value is -3.64. The predicted octanol–water partition coefficient (Wildman–Crippen LogP) is 6.79. The fourth-order valence-electron chi connectivity index (χ4n) is 6.40. The molecule has 1 N–H and O–H groups in total. The lowest BCUT2D eigenvalue weighted by molar-refractivity contribution is -0.141. The van der Waals surface area contributed by atoms with Gasteiger partial charge in [-0.25, -0.2) is 0 Å². The van der Waals surface area contributed by atoms with Gasteiger partial charge in [-0.1, -0.05) is 81.8 Å². The maximum Gasteiger partial charge on any atom is 0.258 e. The Balaban J connectivity index is 1.23. The highest BCUT2D eigenvalue weighted by molar-refractivity contribution is 6.30. The zero-order chi connectivity index (χ0) is 30.2. The Bertz CT molecular complexity index is 1470. The summed E-state index contributed by atoms with van der Waals surface area (Å²) in [6, 6.07) is 22.6. The fourth-order valence-corrected chi connectivity index (χ4v) is 6.53. The Morgan fingerprint density at radius 3 is 2.24 bits per heavy atom. The van der Waals surface area contributed by atoms with E-state index in [4.69, 9.17) is 11.6 Å². The number of anilines is 1. The number of piperidine rings is 1. The summed E-state index contributed by atoms with van der Waals surface area (Å²) in [4.78, 5) is 43.7. The van der Waals surface area contributed by atoms with Crippen molar-refractivity contribution in [1.82, 2.24) is 10.2 Å². The summed E-state index contributed by atoms with van der Waals surface area (Å²) in [7, 11) is 0. The van der Waals surface area contributed by atoms with Crippen molar-refractivity contribution in [2.75, 3.05) is 18.0 Å². The zero-order valence-electron chi connectivity index (χ0n) is 25.1. The maximum absolute atomic E-state index is 13.8. The van der Waals surface area contributed by atoms with Crippen molar-refractivity contribution in [2.45, 2.75) is 65.5 Å². The van der Waals surface area contributed by atoms with Crippen molar-refractivity contribution in [3.8, 4) is 0 Å². The molecule has 0 bridgehead atoms. The lowest BCUT2D eigenvalue weighted by Gasteiger charge is -2.46. The number of carbonyl (C=O) groups is 3. The number of likely N-dealkylation sites (tertiary alicyclic amines) is 1. The lowest BCUT2D eigenvalue weighted by Crippen LogP contribution is -2.56. The molecule has 1 saturated heterocycles. The molecule has 42 heavy (non-hydrogen) atoms. The van der Waals surface area contributed by atoms with E-state index in [1.54, 1.807) is 4.90 Å². The number of nitrogens with one attached hydrogen (secondary N) is 1. The number of fused-ring (bicyclic) bond motifs is 1. The molecule has 220 valence electrons. The number of hydrogen-bond donors (Lipinski definition) is 1. The summed E-state index contributed by atoms with van der Waals surface area (Å²) >= 11 is 6.11. The van der Waals surface area contributed by atoms with Crippen molar-refractivity contribution < 1.29 is 14.4 Å². The van der Waals surface area contributed by atoms with Crippen molar-refractivity contribution in [1.29, 1.82) is 0 Å². The van der Waals surface area contributed by atoms with E-state index < -0.39 is 12.0 Å². The standard InChI is InChI=1S/C35H40ClN3O3/c1-22(2)31(34(42)38-19-18-30(35(4,5)21-38)25-10-14-27(36)15-11-25)37-32(40)23(3)24-12-16-28(17-13-24)39-20-26-8-6-7-9-29(26)33(39)41/h6-17,22-23,30-31H,18-21H2,1-5H3,(H,37,40)/t23?,30?,31-/m1/s1. The normalized spacial score (nSPS) is 19.4. The fraction of sp³-hybridized carbons (Fsp3) is 0.400. The van der Waals surface area contributed by atoms with Crippen LogP contribution in [0.2, 0.25) is 5.02 Å². The molecule has 0 radical (unpaired) electrons. The van der Waals surface area contributed by atoms with E-state index in [9.17, 15) is 14.4 Å². The van der Waals surface area contributed by atoms with Crippen LogP contribution in [0.1, 0.15) is 79.9 Å². The van der Waals surface area contributed by atoms with Gasteiger partial charge in [0.25, 0.3) is 5.91 Å². The quantitative estimate of drug-likeness (QED) is 0.332. The first kappa shape index (κ1) is 29.8. The molecule has 1 fully saturated rings.